The Bertz CT molecular complexity index is 771. The molecule has 0 aliphatic heterocycles. The van der Waals surface area contributed by atoms with Crippen molar-refractivity contribution in [1.29, 1.82) is 0 Å². The summed E-state index contributed by atoms with van der Waals surface area (Å²) in [4.78, 5) is 8.42. The van der Waals surface area contributed by atoms with Crippen LogP contribution in [0.15, 0.2) is 54.9 Å². The molecular formula is C15H11N3OS. The Morgan fingerprint density at radius 1 is 1.00 bits per heavy atom. The number of fused-ring (bicyclic) bond motifs is 1. The number of thiocarbonyl (C=S) groups is 1. The summed E-state index contributed by atoms with van der Waals surface area (Å²) in [7, 11) is 0. The normalized spacial score (nSPS) is 10.4. The van der Waals surface area contributed by atoms with Gasteiger partial charge in [-0.15, -0.1) is 0 Å². The van der Waals surface area contributed by atoms with Crippen molar-refractivity contribution < 1.29 is 4.74 Å². The zero-order valence-corrected chi connectivity index (χ0v) is 11.3. The van der Waals surface area contributed by atoms with Gasteiger partial charge in [-0.05, 0) is 22.9 Å². The summed E-state index contributed by atoms with van der Waals surface area (Å²) in [5, 5.41) is 2.27. The smallest absolute Gasteiger partial charge is 0.237 e. The molecule has 0 saturated carbocycles. The minimum absolute atomic E-state index is 0.217. The number of hydrogen-bond donors (Lipinski definition) is 1. The lowest BCUT2D eigenvalue weighted by atomic mass is 10.1. The highest BCUT2D eigenvalue weighted by atomic mass is 32.1. The zero-order valence-electron chi connectivity index (χ0n) is 10.5. The lowest BCUT2D eigenvalue weighted by Gasteiger charge is -2.06. The SMILES string of the molecule is NC(=S)c1cnc(Oc2ccc3ccccc3c2)cn1. The maximum absolute atomic E-state index is 5.66. The second-order valence-electron chi connectivity index (χ2n) is 4.22. The van der Waals surface area contributed by atoms with Gasteiger partial charge in [0.05, 0.1) is 12.4 Å². The quantitative estimate of drug-likeness (QED) is 0.748. The highest BCUT2D eigenvalue weighted by molar-refractivity contribution is 7.80. The molecule has 0 amide bonds. The van der Waals surface area contributed by atoms with E-state index in [9.17, 15) is 0 Å². The number of hydrogen-bond acceptors (Lipinski definition) is 4. The van der Waals surface area contributed by atoms with Crippen LogP contribution in [0.1, 0.15) is 5.69 Å². The number of benzene rings is 2. The molecule has 0 aliphatic rings. The standard InChI is InChI=1S/C15H11N3OS/c16-15(20)13-8-18-14(9-17-13)19-12-6-5-10-3-1-2-4-11(10)7-12/h1-9H,(H2,16,20). The van der Waals surface area contributed by atoms with Gasteiger partial charge in [-0.3, -0.25) is 0 Å². The number of nitrogens with two attached hydrogens (primary N) is 1. The van der Waals surface area contributed by atoms with Crippen molar-refractivity contribution in [1.82, 2.24) is 9.97 Å². The van der Waals surface area contributed by atoms with Gasteiger partial charge in [-0.2, -0.15) is 0 Å². The molecule has 0 bridgehead atoms. The van der Waals surface area contributed by atoms with Crippen LogP contribution in [0, 0.1) is 0 Å². The van der Waals surface area contributed by atoms with Crippen molar-refractivity contribution >= 4 is 28.0 Å². The van der Waals surface area contributed by atoms with Crippen LogP contribution in [-0.2, 0) is 0 Å². The maximum Gasteiger partial charge on any atom is 0.237 e. The van der Waals surface area contributed by atoms with Crippen LogP contribution in [0.25, 0.3) is 10.8 Å². The number of nitrogens with zero attached hydrogens (tertiary/aromatic N) is 2. The van der Waals surface area contributed by atoms with Crippen molar-refractivity contribution in [3.8, 4) is 11.6 Å². The third kappa shape index (κ3) is 2.57. The van der Waals surface area contributed by atoms with Crippen molar-refractivity contribution in [2.24, 2.45) is 5.73 Å². The summed E-state index contributed by atoms with van der Waals surface area (Å²) in [6.45, 7) is 0. The van der Waals surface area contributed by atoms with Gasteiger partial charge in [-0.25, -0.2) is 9.97 Å². The topological polar surface area (TPSA) is 61.0 Å². The second kappa shape index (κ2) is 5.22. The lowest BCUT2D eigenvalue weighted by Crippen LogP contribution is -2.11. The fourth-order valence-corrected chi connectivity index (χ4v) is 1.95. The van der Waals surface area contributed by atoms with Gasteiger partial charge < -0.3 is 10.5 Å². The summed E-state index contributed by atoms with van der Waals surface area (Å²) < 4.78 is 5.66. The first kappa shape index (κ1) is 12.5. The number of ether oxygens (including phenoxy) is 1. The Labute approximate surface area is 121 Å². The van der Waals surface area contributed by atoms with Gasteiger partial charge in [-0.1, -0.05) is 42.5 Å². The van der Waals surface area contributed by atoms with Gasteiger partial charge in [0.2, 0.25) is 5.88 Å². The average molecular weight is 281 g/mol. The minimum Gasteiger partial charge on any atom is -0.437 e. The van der Waals surface area contributed by atoms with Crippen molar-refractivity contribution in [2.45, 2.75) is 0 Å². The Balaban J connectivity index is 1.87. The molecule has 2 aromatic carbocycles. The largest absolute Gasteiger partial charge is 0.437 e. The highest BCUT2D eigenvalue weighted by Crippen LogP contribution is 2.24. The van der Waals surface area contributed by atoms with E-state index in [1.807, 2.05) is 36.4 Å². The van der Waals surface area contributed by atoms with Gasteiger partial charge in [0, 0.05) is 0 Å². The second-order valence-corrected chi connectivity index (χ2v) is 4.65. The molecule has 20 heavy (non-hydrogen) atoms. The first-order chi connectivity index (χ1) is 9.72. The lowest BCUT2D eigenvalue weighted by molar-refractivity contribution is 0.460. The molecule has 2 N–H and O–H groups in total. The zero-order chi connectivity index (χ0) is 13.9. The van der Waals surface area contributed by atoms with Crippen LogP contribution >= 0.6 is 12.2 Å². The van der Waals surface area contributed by atoms with E-state index in [1.54, 1.807) is 0 Å². The number of aromatic nitrogens is 2. The van der Waals surface area contributed by atoms with Crippen LogP contribution in [0.3, 0.4) is 0 Å². The molecule has 0 atom stereocenters. The van der Waals surface area contributed by atoms with Crippen LogP contribution in [0.5, 0.6) is 11.6 Å². The van der Waals surface area contributed by atoms with Crippen LogP contribution < -0.4 is 10.5 Å². The van der Waals surface area contributed by atoms with Gasteiger partial charge in [0.1, 0.15) is 16.4 Å². The van der Waals surface area contributed by atoms with Gasteiger partial charge in [0.25, 0.3) is 0 Å². The predicted octanol–water partition coefficient (Wildman–Crippen LogP) is 3.06. The molecule has 0 spiro atoms. The molecule has 5 heteroatoms. The average Bonchev–Trinajstić information content (AvgIpc) is 2.48. The summed E-state index contributed by atoms with van der Waals surface area (Å²) in [5.41, 5.74) is 5.94. The summed E-state index contributed by atoms with van der Waals surface area (Å²) in [6, 6.07) is 13.9. The van der Waals surface area contributed by atoms with Crippen molar-refractivity contribution in [3.05, 3.63) is 60.6 Å². The molecule has 4 nitrogen and oxygen atoms in total. The molecule has 0 aliphatic carbocycles. The van der Waals surface area contributed by atoms with E-state index in [2.05, 4.69) is 16.0 Å². The van der Waals surface area contributed by atoms with Crippen molar-refractivity contribution in [3.63, 3.8) is 0 Å². The van der Waals surface area contributed by atoms with Crippen LogP contribution in [0.2, 0.25) is 0 Å². The third-order valence-corrected chi connectivity index (χ3v) is 3.03. The molecule has 0 radical (unpaired) electrons. The molecule has 0 saturated heterocycles. The Kier molecular flexibility index (Phi) is 3.26. The fraction of sp³-hybridized carbons (Fsp3) is 0. The van der Waals surface area contributed by atoms with E-state index < -0.39 is 0 Å². The molecule has 3 rings (SSSR count). The highest BCUT2D eigenvalue weighted by Gasteiger charge is 2.03. The monoisotopic (exact) mass is 281 g/mol. The first-order valence-corrected chi connectivity index (χ1v) is 6.42. The minimum atomic E-state index is 0.217. The fourth-order valence-electron chi connectivity index (χ4n) is 1.85. The predicted molar refractivity (Wildman–Crippen MR) is 81.9 cm³/mol. The van der Waals surface area contributed by atoms with Crippen LogP contribution in [0.4, 0.5) is 0 Å². The van der Waals surface area contributed by atoms with E-state index in [0.29, 0.717) is 17.3 Å². The molecule has 3 aromatic rings. The van der Waals surface area contributed by atoms with Crippen molar-refractivity contribution in [2.75, 3.05) is 0 Å². The van der Waals surface area contributed by atoms with Crippen LogP contribution in [-0.4, -0.2) is 15.0 Å². The number of rotatable bonds is 3. The molecule has 98 valence electrons. The molecular weight excluding hydrogens is 270 g/mol. The maximum atomic E-state index is 5.66. The van der Waals surface area contributed by atoms with E-state index >= 15 is 0 Å². The molecule has 1 heterocycles. The Hall–Kier alpha value is -2.53. The van der Waals surface area contributed by atoms with Gasteiger partial charge in [0.15, 0.2) is 0 Å². The molecule has 0 unspecified atom stereocenters. The third-order valence-electron chi connectivity index (χ3n) is 2.82. The Morgan fingerprint density at radius 2 is 1.80 bits per heavy atom. The molecule has 0 fully saturated rings. The van der Waals surface area contributed by atoms with E-state index in [4.69, 9.17) is 22.7 Å². The van der Waals surface area contributed by atoms with E-state index in [1.165, 1.54) is 12.4 Å². The van der Waals surface area contributed by atoms with Gasteiger partial charge >= 0.3 is 0 Å². The Morgan fingerprint density at radius 3 is 2.50 bits per heavy atom. The molecule has 1 aromatic heterocycles. The summed E-state index contributed by atoms with van der Waals surface area (Å²) >= 11 is 4.82. The summed E-state index contributed by atoms with van der Waals surface area (Å²) in [5.74, 6) is 1.11. The van der Waals surface area contributed by atoms with E-state index in [0.717, 1.165) is 10.8 Å². The van der Waals surface area contributed by atoms with E-state index in [-0.39, 0.29) is 4.99 Å². The first-order valence-electron chi connectivity index (χ1n) is 6.01. The summed E-state index contributed by atoms with van der Waals surface area (Å²) in [6.07, 6.45) is 3.00.